The molecule has 0 atom stereocenters. The quantitative estimate of drug-likeness (QED) is 0.443. The fourth-order valence-electron chi connectivity index (χ4n) is 2.28. The third-order valence-electron chi connectivity index (χ3n) is 3.50. The highest BCUT2D eigenvalue weighted by Crippen LogP contribution is 2.30. The minimum atomic E-state index is -0.602. The predicted molar refractivity (Wildman–Crippen MR) is 102 cm³/mol. The third-order valence-corrected chi connectivity index (χ3v) is 3.75. The van der Waals surface area contributed by atoms with Crippen molar-refractivity contribution in [2.75, 3.05) is 16.4 Å². The maximum atomic E-state index is 11.3. The summed E-state index contributed by atoms with van der Waals surface area (Å²) in [7, 11) is 0. The van der Waals surface area contributed by atoms with Crippen molar-refractivity contribution >= 4 is 40.6 Å². The Morgan fingerprint density at radius 1 is 1.08 bits per heavy atom. The van der Waals surface area contributed by atoms with Crippen molar-refractivity contribution in [1.82, 2.24) is 9.97 Å². The summed E-state index contributed by atoms with van der Waals surface area (Å²) in [6, 6.07) is 16.3. The molecule has 8 nitrogen and oxygen atoms in total. The molecule has 1 heterocycles. The van der Waals surface area contributed by atoms with Crippen LogP contribution < -0.4 is 16.4 Å². The number of nitrogens with one attached hydrogen (secondary N) is 2. The van der Waals surface area contributed by atoms with Gasteiger partial charge < -0.3 is 16.4 Å². The lowest BCUT2D eigenvalue weighted by Gasteiger charge is -2.11. The number of hydrogen-bond donors (Lipinski definition) is 3. The molecule has 0 fully saturated rings. The van der Waals surface area contributed by atoms with Crippen LogP contribution in [0.1, 0.15) is 5.56 Å². The van der Waals surface area contributed by atoms with Gasteiger partial charge in [0.05, 0.1) is 4.92 Å². The summed E-state index contributed by atoms with van der Waals surface area (Å²) < 4.78 is 0. The lowest BCUT2D eigenvalue weighted by Crippen LogP contribution is -2.10. The molecule has 0 radical (unpaired) electrons. The van der Waals surface area contributed by atoms with Gasteiger partial charge in [0.2, 0.25) is 17.6 Å². The van der Waals surface area contributed by atoms with Crippen molar-refractivity contribution in [3.63, 3.8) is 0 Å². The first-order valence-electron chi connectivity index (χ1n) is 7.65. The summed E-state index contributed by atoms with van der Waals surface area (Å²) in [6.45, 7) is 0.360. The summed E-state index contributed by atoms with van der Waals surface area (Å²) in [6.07, 6.45) is 0. The molecule has 3 aromatic rings. The Kier molecular flexibility index (Phi) is 5.14. The van der Waals surface area contributed by atoms with E-state index in [2.05, 4.69) is 20.6 Å². The van der Waals surface area contributed by atoms with E-state index in [9.17, 15) is 10.1 Å². The van der Waals surface area contributed by atoms with Crippen LogP contribution in [0.5, 0.6) is 0 Å². The van der Waals surface area contributed by atoms with Crippen LogP contribution >= 0.6 is 11.6 Å². The van der Waals surface area contributed by atoms with Crippen molar-refractivity contribution in [3.8, 4) is 0 Å². The van der Waals surface area contributed by atoms with E-state index in [-0.39, 0.29) is 23.3 Å². The molecule has 0 bridgehead atoms. The number of hydrogen-bond acceptors (Lipinski definition) is 7. The largest absolute Gasteiger partial charge is 0.378 e. The molecule has 0 aliphatic carbocycles. The maximum Gasteiger partial charge on any atom is 0.353 e. The number of rotatable bonds is 6. The Morgan fingerprint density at radius 2 is 1.77 bits per heavy atom. The van der Waals surface area contributed by atoms with E-state index in [1.54, 1.807) is 24.3 Å². The minimum Gasteiger partial charge on any atom is -0.378 e. The second-order valence-corrected chi connectivity index (χ2v) is 5.79. The molecule has 0 aliphatic heterocycles. The number of nitrogens with zero attached hydrogens (tertiary/aromatic N) is 3. The molecule has 132 valence electrons. The van der Waals surface area contributed by atoms with Gasteiger partial charge in [-0.05, 0) is 29.8 Å². The molecule has 2 aromatic carbocycles. The van der Waals surface area contributed by atoms with Crippen molar-refractivity contribution < 1.29 is 4.92 Å². The van der Waals surface area contributed by atoms with Gasteiger partial charge in [-0.2, -0.15) is 9.97 Å². The van der Waals surface area contributed by atoms with Gasteiger partial charge in [-0.25, -0.2) is 0 Å². The normalized spacial score (nSPS) is 10.3. The van der Waals surface area contributed by atoms with Crippen LogP contribution in [0.4, 0.5) is 29.0 Å². The zero-order chi connectivity index (χ0) is 18.5. The van der Waals surface area contributed by atoms with Gasteiger partial charge in [-0.1, -0.05) is 41.9 Å². The number of nitro groups is 1. The predicted octanol–water partition coefficient (Wildman–Crippen LogP) is 3.98. The zero-order valence-electron chi connectivity index (χ0n) is 13.5. The fraction of sp³-hybridized carbons (Fsp3) is 0.0588. The number of anilines is 4. The van der Waals surface area contributed by atoms with E-state index in [1.807, 2.05) is 30.3 Å². The summed E-state index contributed by atoms with van der Waals surface area (Å²) in [5, 5.41) is 17.8. The van der Waals surface area contributed by atoms with Crippen LogP contribution in [0.15, 0.2) is 54.6 Å². The molecule has 0 aliphatic rings. The first-order valence-corrected chi connectivity index (χ1v) is 8.03. The first kappa shape index (κ1) is 17.4. The van der Waals surface area contributed by atoms with Crippen molar-refractivity contribution in [1.29, 1.82) is 0 Å². The molecule has 4 N–H and O–H groups in total. The summed E-state index contributed by atoms with van der Waals surface area (Å²) in [5.74, 6) is -0.0363. The summed E-state index contributed by atoms with van der Waals surface area (Å²) >= 11 is 5.86. The highest BCUT2D eigenvalue weighted by Gasteiger charge is 2.23. The number of halogens is 1. The lowest BCUT2D eigenvalue weighted by atomic mass is 10.2. The smallest absolute Gasteiger partial charge is 0.353 e. The Hall–Kier alpha value is -3.39. The van der Waals surface area contributed by atoms with E-state index in [0.29, 0.717) is 17.3 Å². The van der Waals surface area contributed by atoms with E-state index in [4.69, 9.17) is 17.3 Å². The van der Waals surface area contributed by atoms with Crippen LogP contribution in [0, 0.1) is 10.1 Å². The molecular formula is C17H15ClN6O2. The SMILES string of the molecule is Nc1nc(Nc2ccc(Cl)cc2)nc(NCc2ccccc2)c1[N+](=O)[O-]. The molecular weight excluding hydrogens is 356 g/mol. The molecule has 0 saturated carbocycles. The molecule has 9 heteroatoms. The molecule has 0 spiro atoms. The summed E-state index contributed by atoms with van der Waals surface area (Å²) in [5.41, 5.74) is 7.04. The topological polar surface area (TPSA) is 119 Å². The molecule has 0 saturated heterocycles. The highest BCUT2D eigenvalue weighted by atomic mass is 35.5. The Labute approximate surface area is 154 Å². The van der Waals surface area contributed by atoms with Crippen LogP contribution in [-0.2, 0) is 6.54 Å². The molecule has 26 heavy (non-hydrogen) atoms. The van der Waals surface area contributed by atoms with E-state index in [0.717, 1.165) is 5.56 Å². The van der Waals surface area contributed by atoms with E-state index >= 15 is 0 Å². The number of benzene rings is 2. The Morgan fingerprint density at radius 3 is 2.42 bits per heavy atom. The van der Waals surface area contributed by atoms with Crippen LogP contribution in [0.3, 0.4) is 0 Å². The fourth-order valence-corrected chi connectivity index (χ4v) is 2.40. The number of nitrogen functional groups attached to an aromatic ring is 1. The monoisotopic (exact) mass is 370 g/mol. The second kappa shape index (κ2) is 7.66. The molecule has 3 rings (SSSR count). The summed E-state index contributed by atoms with van der Waals surface area (Å²) in [4.78, 5) is 18.9. The second-order valence-electron chi connectivity index (χ2n) is 5.36. The Bertz CT molecular complexity index is 919. The number of nitrogens with two attached hydrogens (primary N) is 1. The van der Waals surface area contributed by atoms with Gasteiger partial charge >= 0.3 is 5.69 Å². The van der Waals surface area contributed by atoms with E-state index < -0.39 is 4.92 Å². The van der Waals surface area contributed by atoms with Gasteiger partial charge in [0.1, 0.15) is 0 Å². The van der Waals surface area contributed by atoms with E-state index in [1.165, 1.54) is 0 Å². The molecule has 1 aromatic heterocycles. The standard InChI is InChI=1S/C17H15ClN6O2/c18-12-6-8-13(9-7-12)21-17-22-15(19)14(24(25)26)16(23-17)20-10-11-4-2-1-3-5-11/h1-9H,10H2,(H4,19,20,21,22,23). The minimum absolute atomic E-state index is 0.0443. The average molecular weight is 371 g/mol. The average Bonchev–Trinajstić information content (AvgIpc) is 2.62. The van der Waals surface area contributed by atoms with Crippen LogP contribution in [0.25, 0.3) is 0 Å². The first-order chi connectivity index (χ1) is 12.5. The molecule has 0 unspecified atom stereocenters. The van der Waals surface area contributed by atoms with Crippen LogP contribution in [-0.4, -0.2) is 14.9 Å². The number of aromatic nitrogens is 2. The maximum absolute atomic E-state index is 11.3. The lowest BCUT2D eigenvalue weighted by molar-refractivity contribution is -0.383. The van der Waals surface area contributed by atoms with Crippen molar-refractivity contribution in [2.24, 2.45) is 0 Å². The van der Waals surface area contributed by atoms with Gasteiger partial charge in [0.25, 0.3) is 0 Å². The van der Waals surface area contributed by atoms with Gasteiger partial charge in [0.15, 0.2) is 0 Å². The van der Waals surface area contributed by atoms with Gasteiger partial charge in [-0.3, -0.25) is 10.1 Å². The van der Waals surface area contributed by atoms with Gasteiger partial charge in [0, 0.05) is 17.3 Å². The zero-order valence-corrected chi connectivity index (χ0v) is 14.3. The van der Waals surface area contributed by atoms with Gasteiger partial charge in [-0.15, -0.1) is 0 Å². The third kappa shape index (κ3) is 4.17. The molecule has 0 amide bonds. The van der Waals surface area contributed by atoms with Crippen LogP contribution in [0.2, 0.25) is 5.02 Å². The van der Waals surface area contributed by atoms with Crippen molar-refractivity contribution in [2.45, 2.75) is 6.54 Å². The highest BCUT2D eigenvalue weighted by molar-refractivity contribution is 6.30. The van der Waals surface area contributed by atoms with Crippen molar-refractivity contribution in [3.05, 3.63) is 75.3 Å². The Balaban J connectivity index is 1.88.